The van der Waals surface area contributed by atoms with E-state index in [0.717, 1.165) is 16.8 Å². The molecule has 2 aliphatic heterocycles. The van der Waals surface area contributed by atoms with Crippen LogP contribution in [-0.2, 0) is 11.3 Å². The summed E-state index contributed by atoms with van der Waals surface area (Å²) in [5, 5.41) is 3.53. The van der Waals surface area contributed by atoms with E-state index in [9.17, 15) is 9.59 Å². The number of ether oxygens (including phenoxy) is 2. The topological polar surface area (TPSA) is 110 Å². The van der Waals surface area contributed by atoms with Gasteiger partial charge in [0.1, 0.15) is 28.8 Å². The number of pyridine rings is 3. The second-order valence-corrected chi connectivity index (χ2v) is 12.2. The maximum absolute atomic E-state index is 15.1. The highest BCUT2D eigenvalue weighted by Crippen LogP contribution is 2.39. The molecule has 0 bridgehead atoms. The van der Waals surface area contributed by atoms with Gasteiger partial charge in [-0.25, -0.2) is 14.2 Å². The lowest BCUT2D eigenvalue weighted by molar-refractivity contribution is 0.0293. The quantitative estimate of drug-likeness (QED) is 0.273. The number of nitrogens with one attached hydrogen (secondary N) is 1. The lowest BCUT2D eigenvalue weighted by atomic mass is 10.0. The monoisotopic (exact) mass is 610 g/mol. The number of aryl methyl sites for hydroxylation is 1. The van der Waals surface area contributed by atoms with Gasteiger partial charge in [-0.05, 0) is 70.5 Å². The van der Waals surface area contributed by atoms with Crippen LogP contribution in [0.5, 0.6) is 5.75 Å². The lowest BCUT2D eigenvalue weighted by Crippen LogP contribution is -2.36. The molecule has 10 nitrogen and oxygen atoms in total. The smallest absolute Gasteiger partial charge is 0.410 e. The number of hydrogen-bond donors (Lipinski definition) is 1. The van der Waals surface area contributed by atoms with Crippen LogP contribution >= 0.6 is 0 Å². The summed E-state index contributed by atoms with van der Waals surface area (Å²) >= 11 is 0. The minimum Gasteiger partial charge on any atom is -0.496 e. The minimum absolute atomic E-state index is 0.0896. The first-order chi connectivity index (χ1) is 21.5. The second kappa shape index (κ2) is 11.8. The number of hydrogen-bond acceptors (Lipinski definition) is 8. The molecule has 1 atom stereocenters. The molecule has 1 N–H and O–H groups in total. The molecule has 0 unspecified atom stereocenters. The number of aromatic nitrogens is 3. The number of fused-ring (bicyclic) bond motifs is 1. The van der Waals surface area contributed by atoms with E-state index in [1.165, 1.54) is 19.4 Å². The van der Waals surface area contributed by atoms with Crippen LogP contribution in [0.3, 0.4) is 0 Å². The fraction of sp³-hybridized carbons (Fsp3) is 0.324. The van der Waals surface area contributed by atoms with Crippen molar-refractivity contribution in [2.24, 2.45) is 0 Å². The highest BCUT2D eigenvalue weighted by atomic mass is 19.1. The number of halogens is 1. The zero-order valence-electron chi connectivity index (χ0n) is 25.9. The number of likely N-dealkylation sites (tertiary alicyclic amines) is 1. The summed E-state index contributed by atoms with van der Waals surface area (Å²) in [6.07, 6.45) is 3.64. The van der Waals surface area contributed by atoms with Crippen LogP contribution in [-0.4, -0.2) is 63.7 Å². The van der Waals surface area contributed by atoms with Gasteiger partial charge in [-0.3, -0.25) is 19.7 Å². The van der Waals surface area contributed by atoms with E-state index >= 15 is 4.39 Å². The molecule has 11 heteroatoms. The molecule has 1 saturated heterocycles. The minimum atomic E-state index is -0.587. The Morgan fingerprint density at radius 1 is 1.07 bits per heavy atom. The average molecular weight is 611 g/mol. The highest BCUT2D eigenvalue weighted by Gasteiger charge is 2.35. The molecule has 1 aromatic carbocycles. The first-order valence-electron chi connectivity index (χ1n) is 14.8. The van der Waals surface area contributed by atoms with Crippen molar-refractivity contribution in [1.82, 2.24) is 19.9 Å². The molecule has 0 aliphatic carbocycles. The standard InChI is InChI=1S/C34H35FN6O4/c1-20-9-10-21(17-37-20)23-11-12-28(39-31(23)38-22-14-16-40(18-22)33(43)45-34(2,3)4)41-19-25-24(32(41)42)13-15-36-30(25)29-26(35)7-6-8-27(29)44-5/h6-13,15,17,22H,14,16,18-19H2,1-5H3,(H,38,39)/t22-/m1/s1. The van der Waals surface area contributed by atoms with Gasteiger partial charge in [0.05, 0.1) is 24.9 Å². The lowest BCUT2D eigenvalue weighted by Gasteiger charge is -2.25. The average Bonchev–Trinajstić information content (AvgIpc) is 3.61. The highest BCUT2D eigenvalue weighted by molar-refractivity contribution is 6.11. The number of benzene rings is 1. The van der Waals surface area contributed by atoms with E-state index in [1.807, 2.05) is 45.9 Å². The van der Waals surface area contributed by atoms with Gasteiger partial charge in [-0.1, -0.05) is 12.1 Å². The van der Waals surface area contributed by atoms with Crippen molar-refractivity contribution in [3.8, 4) is 28.1 Å². The normalized spacial score (nSPS) is 16.1. The first kappa shape index (κ1) is 30.0. The molecule has 0 radical (unpaired) electrons. The largest absolute Gasteiger partial charge is 0.496 e. The summed E-state index contributed by atoms with van der Waals surface area (Å²) < 4.78 is 26.1. The molecule has 6 rings (SSSR count). The predicted molar refractivity (Wildman–Crippen MR) is 169 cm³/mol. The van der Waals surface area contributed by atoms with Gasteiger partial charge in [-0.15, -0.1) is 0 Å². The molecule has 5 heterocycles. The first-order valence-corrected chi connectivity index (χ1v) is 14.8. The fourth-order valence-electron chi connectivity index (χ4n) is 5.67. The Labute approximate surface area is 261 Å². The SMILES string of the molecule is COc1cccc(F)c1-c1nccc2c1CN(c1ccc(-c3ccc(C)nc3)c(N[C@@H]3CCN(C(=O)OC(C)(C)C)C3)n1)C2=O. The summed E-state index contributed by atoms with van der Waals surface area (Å²) in [6.45, 7) is 8.60. The molecule has 0 spiro atoms. The number of anilines is 2. The number of carbonyl (C=O) groups excluding carboxylic acids is 2. The molecular weight excluding hydrogens is 575 g/mol. The molecule has 232 valence electrons. The Kier molecular flexibility index (Phi) is 7.86. The fourth-order valence-corrected chi connectivity index (χ4v) is 5.67. The molecule has 45 heavy (non-hydrogen) atoms. The number of carbonyl (C=O) groups is 2. The van der Waals surface area contributed by atoms with Crippen LogP contribution in [0.25, 0.3) is 22.4 Å². The second-order valence-electron chi connectivity index (χ2n) is 12.2. The predicted octanol–water partition coefficient (Wildman–Crippen LogP) is 6.24. The van der Waals surface area contributed by atoms with Crippen molar-refractivity contribution in [2.45, 2.75) is 52.3 Å². The third kappa shape index (κ3) is 6.02. The van der Waals surface area contributed by atoms with Crippen molar-refractivity contribution in [1.29, 1.82) is 0 Å². The van der Waals surface area contributed by atoms with Crippen LogP contribution in [0.15, 0.2) is 60.9 Å². The van der Waals surface area contributed by atoms with E-state index in [0.29, 0.717) is 53.7 Å². The maximum Gasteiger partial charge on any atom is 0.410 e. The van der Waals surface area contributed by atoms with Gasteiger partial charge in [0.25, 0.3) is 5.91 Å². The Morgan fingerprint density at radius 2 is 1.89 bits per heavy atom. The molecule has 1 fully saturated rings. The van der Waals surface area contributed by atoms with Gasteiger partial charge >= 0.3 is 6.09 Å². The van der Waals surface area contributed by atoms with Gasteiger partial charge in [-0.2, -0.15) is 0 Å². The Balaban J connectivity index is 1.33. The Morgan fingerprint density at radius 3 is 2.62 bits per heavy atom. The zero-order valence-corrected chi connectivity index (χ0v) is 25.9. The number of methoxy groups -OCH3 is 1. The molecule has 2 amide bonds. The van der Waals surface area contributed by atoms with Crippen molar-refractivity contribution in [3.63, 3.8) is 0 Å². The summed E-state index contributed by atoms with van der Waals surface area (Å²) in [5.41, 5.74) is 3.55. The van der Waals surface area contributed by atoms with E-state index in [1.54, 1.807) is 40.3 Å². The number of nitrogens with zero attached hydrogens (tertiary/aromatic N) is 5. The van der Waals surface area contributed by atoms with Gasteiger partial charge < -0.3 is 19.7 Å². The molecule has 2 aliphatic rings. The van der Waals surface area contributed by atoms with Crippen LogP contribution in [0.4, 0.5) is 20.8 Å². The van der Waals surface area contributed by atoms with Crippen molar-refractivity contribution < 1.29 is 23.5 Å². The van der Waals surface area contributed by atoms with E-state index in [4.69, 9.17) is 14.5 Å². The van der Waals surface area contributed by atoms with Gasteiger partial charge in [0.15, 0.2) is 0 Å². The number of amides is 2. The van der Waals surface area contributed by atoms with E-state index in [2.05, 4.69) is 15.3 Å². The maximum atomic E-state index is 15.1. The third-order valence-corrected chi connectivity index (χ3v) is 7.84. The van der Waals surface area contributed by atoms with Crippen LogP contribution in [0.1, 0.15) is 48.8 Å². The molecule has 4 aromatic rings. The molecule has 0 saturated carbocycles. The molecule has 3 aromatic heterocycles. The third-order valence-electron chi connectivity index (χ3n) is 7.84. The summed E-state index contributed by atoms with van der Waals surface area (Å²) in [6, 6.07) is 13.7. The molecular formula is C34H35FN6O4. The Hall–Kier alpha value is -5.06. The summed E-state index contributed by atoms with van der Waals surface area (Å²) in [5.74, 6) is 0.574. The van der Waals surface area contributed by atoms with Crippen molar-refractivity contribution in [3.05, 3.63) is 83.6 Å². The summed E-state index contributed by atoms with van der Waals surface area (Å²) in [4.78, 5) is 43.6. The van der Waals surface area contributed by atoms with Gasteiger partial charge in [0, 0.05) is 59.5 Å². The zero-order chi connectivity index (χ0) is 31.9. The van der Waals surface area contributed by atoms with Crippen LogP contribution < -0.4 is 15.0 Å². The Bertz CT molecular complexity index is 1770. The number of rotatable bonds is 6. The van der Waals surface area contributed by atoms with Crippen LogP contribution in [0, 0.1) is 12.7 Å². The summed E-state index contributed by atoms with van der Waals surface area (Å²) in [7, 11) is 1.47. The van der Waals surface area contributed by atoms with Gasteiger partial charge in [0.2, 0.25) is 0 Å². The van der Waals surface area contributed by atoms with Crippen molar-refractivity contribution in [2.75, 3.05) is 30.4 Å². The van der Waals surface area contributed by atoms with E-state index < -0.39 is 11.4 Å². The van der Waals surface area contributed by atoms with Crippen LogP contribution in [0.2, 0.25) is 0 Å². The van der Waals surface area contributed by atoms with E-state index in [-0.39, 0.29) is 30.2 Å². The van der Waals surface area contributed by atoms with Crippen molar-refractivity contribution >= 4 is 23.6 Å².